The Morgan fingerprint density at radius 1 is 1.12 bits per heavy atom. The normalized spacial score (nSPS) is 14.8. The Bertz CT molecular complexity index is 740. The molecule has 1 amide bonds. The van der Waals surface area contributed by atoms with E-state index in [0.29, 0.717) is 43.1 Å². The fourth-order valence-corrected chi connectivity index (χ4v) is 2.89. The fourth-order valence-electron chi connectivity index (χ4n) is 2.89. The SMILES string of the molecule is COC(=O)C1CCN(C(=O)c2cccc(Oc3ccccn3)c2)CC1. The number of nitrogens with zero attached hydrogens (tertiary/aromatic N) is 2. The smallest absolute Gasteiger partial charge is 0.308 e. The Hall–Kier alpha value is -2.89. The summed E-state index contributed by atoms with van der Waals surface area (Å²) in [5.41, 5.74) is 0.560. The van der Waals surface area contributed by atoms with Gasteiger partial charge in [0.1, 0.15) is 5.75 Å². The molecular weight excluding hydrogens is 320 g/mol. The third-order valence-electron chi connectivity index (χ3n) is 4.26. The van der Waals surface area contributed by atoms with Crippen LogP contribution >= 0.6 is 0 Å². The highest BCUT2D eigenvalue weighted by molar-refractivity contribution is 5.94. The van der Waals surface area contributed by atoms with Gasteiger partial charge >= 0.3 is 5.97 Å². The van der Waals surface area contributed by atoms with E-state index in [2.05, 4.69) is 4.98 Å². The molecule has 0 spiro atoms. The van der Waals surface area contributed by atoms with Gasteiger partial charge in [-0.3, -0.25) is 9.59 Å². The predicted octanol–water partition coefficient (Wildman–Crippen LogP) is 2.90. The topological polar surface area (TPSA) is 68.7 Å². The minimum Gasteiger partial charge on any atom is -0.469 e. The van der Waals surface area contributed by atoms with Crippen LogP contribution in [0, 0.1) is 5.92 Å². The molecule has 130 valence electrons. The Balaban J connectivity index is 1.65. The van der Waals surface area contributed by atoms with Crippen molar-refractivity contribution in [3.05, 3.63) is 54.2 Å². The molecule has 0 N–H and O–H groups in total. The monoisotopic (exact) mass is 340 g/mol. The molecule has 1 aromatic heterocycles. The molecule has 3 rings (SSSR count). The van der Waals surface area contributed by atoms with E-state index in [1.807, 2.05) is 12.1 Å². The molecule has 0 saturated carbocycles. The number of ether oxygens (including phenoxy) is 2. The van der Waals surface area contributed by atoms with E-state index in [1.165, 1.54) is 7.11 Å². The summed E-state index contributed by atoms with van der Waals surface area (Å²) in [4.78, 5) is 30.1. The maximum atomic E-state index is 12.7. The number of hydrogen-bond donors (Lipinski definition) is 0. The van der Waals surface area contributed by atoms with Gasteiger partial charge in [-0.05, 0) is 37.1 Å². The summed E-state index contributed by atoms with van der Waals surface area (Å²) in [5, 5.41) is 0. The first kappa shape index (κ1) is 17.0. The first-order chi connectivity index (χ1) is 12.2. The van der Waals surface area contributed by atoms with Gasteiger partial charge in [-0.2, -0.15) is 0 Å². The lowest BCUT2D eigenvalue weighted by Crippen LogP contribution is -2.40. The van der Waals surface area contributed by atoms with Gasteiger partial charge < -0.3 is 14.4 Å². The van der Waals surface area contributed by atoms with E-state index in [1.54, 1.807) is 41.4 Å². The maximum Gasteiger partial charge on any atom is 0.308 e. The van der Waals surface area contributed by atoms with Crippen LogP contribution in [0.25, 0.3) is 0 Å². The second-order valence-corrected chi connectivity index (χ2v) is 5.89. The lowest BCUT2D eigenvalue weighted by molar-refractivity contribution is -0.146. The number of hydrogen-bond acceptors (Lipinski definition) is 5. The highest BCUT2D eigenvalue weighted by atomic mass is 16.5. The van der Waals surface area contributed by atoms with Gasteiger partial charge in [-0.15, -0.1) is 0 Å². The van der Waals surface area contributed by atoms with Gasteiger partial charge in [0.05, 0.1) is 13.0 Å². The van der Waals surface area contributed by atoms with Crippen molar-refractivity contribution in [3.8, 4) is 11.6 Å². The number of carbonyl (C=O) groups excluding carboxylic acids is 2. The fraction of sp³-hybridized carbons (Fsp3) is 0.316. The highest BCUT2D eigenvalue weighted by Crippen LogP contribution is 2.23. The van der Waals surface area contributed by atoms with E-state index < -0.39 is 0 Å². The van der Waals surface area contributed by atoms with Crippen molar-refractivity contribution in [1.82, 2.24) is 9.88 Å². The molecule has 0 aliphatic carbocycles. The van der Waals surface area contributed by atoms with Crippen LogP contribution in [0.4, 0.5) is 0 Å². The van der Waals surface area contributed by atoms with E-state index in [0.717, 1.165) is 0 Å². The Kier molecular flexibility index (Phi) is 5.28. The average Bonchev–Trinajstić information content (AvgIpc) is 2.68. The van der Waals surface area contributed by atoms with Crippen LogP contribution in [0.2, 0.25) is 0 Å². The molecule has 0 unspecified atom stereocenters. The molecule has 2 heterocycles. The van der Waals surface area contributed by atoms with Gasteiger partial charge in [0.2, 0.25) is 5.88 Å². The summed E-state index contributed by atoms with van der Waals surface area (Å²) in [7, 11) is 1.40. The number of pyridine rings is 1. The first-order valence-corrected chi connectivity index (χ1v) is 8.23. The quantitative estimate of drug-likeness (QED) is 0.801. The van der Waals surface area contributed by atoms with Gasteiger partial charge in [-0.25, -0.2) is 4.98 Å². The predicted molar refractivity (Wildman–Crippen MR) is 91.4 cm³/mol. The van der Waals surface area contributed by atoms with Crippen LogP contribution in [-0.2, 0) is 9.53 Å². The van der Waals surface area contributed by atoms with Crippen LogP contribution in [0.3, 0.4) is 0 Å². The summed E-state index contributed by atoms with van der Waals surface area (Å²) < 4.78 is 10.5. The standard InChI is InChI=1S/C19H20N2O4/c1-24-19(23)14-8-11-21(12-9-14)18(22)15-5-4-6-16(13-15)25-17-7-2-3-10-20-17/h2-7,10,13-14H,8-9,11-12H2,1H3. The van der Waals surface area contributed by atoms with Crippen LogP contribution in [-0.4, -0.2) is 42.0 Å². The Morgan fingerprint density at radius 2 is 1.92 bits per heavy atom. The average molecular weight is 340 g/mol. The molecule has 1 aliphatic rings. The summed E-state index contributed by atoms with van der Waals surface area (Å²) >= 11 is 0. The number of piperidine rings is 1. The molecule has 1 fully saturated rings. The molecule has 0 radical (unpaired) electrons. The number of benzene rings is 1. The summed E-state index contributed by atoms with van der Waals surface area (Å²) in [5.74, 6) is 0.667. The zero-order valence-electron chi connectivity index (χ0n) is 14.1. The summed E-state index contributed by atoms with van der Waals surface area (Å²) in [6.07, 6.45) is 2.90. The van der Waals surface area contributed by atoms with Crippen LogP contribution in [0.15, 0.2) is 48.7 Å². The van der Waals surface area contributed by atoms with E-state index in [-0.39, 0.29) is 17.8 Å². The van der Waals surface area contributed by atoms with Crippen LogP contribution in [0.5, 0.6) is 11.6 Å². The number of likely N-dealkylation sites (tertiary alicyclic amines) is 1. The van der Waals surface area contributed by atoms with Crippen LogP contribution < -0.4 is 4.74 Å². The second kappa shape index (κ2) is 7.79. The number of rotatable bonds is 4. The number of methoxy groups -OCH3 is 1. The number of carbonyl (C=O) groups is 2. The van der Waals surface area contributed by atoms with Crippen LogP contribution in [0.1, 0.15) is 23.2 Å². The zero-order chi connectivity index (χ0) is 17.6. The van der Waals surface area contributed by atoms with Gasteiger partial charge in [-0.1, -0.05) is 12.1 Å². The maximum absolute atomic E-state index is 12.7. The highest BCUT2D eigenvalue weighted by Gasteiger charge is 2.28. The zero-order valence-corrected chi connectivity index (χ0v) is 14.1. The molecule has 6 nitrogen and oxygen atoms in total. The van der Waals surface area contributed by atoms with Crippen molar-refractivity contribution in [3.63, 3.8) is 0 Å². The largest absolute Gasteiger partial charge is 0.469 e. The van der Waals surface area contributed by atoms with Crippen molar-refractivity contribution < 1.29 is 19.1 Å². The van der Waals surface area contributed by atoms with Crippen molar-refractivity contribution in [2.75, 3.05) is 20.2 Å². The first-order valence-electron chi connectivity index (χ1n) is 8.23. The molecule has 0 bridgehead atoms. The van der Waals surface area contributed by atoms with E-state index >= 15 is 0 Å². The molecule has 0 atom stereocenters. The van der Waals surface area contributed by atoms with Gasteiger partial charge in [0.25, 0.3) is 5.91 Å². The van der Waals surface area contributed by atoms with Crippen molar-refractivity contribution >= 4 is 11.9 Å². The van der Waals surface area contributed by atoms with Crippen molar-refractivity contribution in [2.24, 2.45) is 5.92 Å². The second-order valence-electron chi connectivity index (χ2n) is 5.89. The van der Waals surface area contributed by atoms with Gasteiger partial charge in [0, 0.05) is 30.9 Å². The number of esters is 1. The third kappa shape index (κ3) is 4.15. The number of aromatic nitrogens is 1. The Labute approximate surface area is 146 Å². The minimum atomic E-state index is -0.196. The summed E-state index contributed by atoms with van der Waals surface area (Å²) in [6, 6.07) is 12.4. The molecule has 2 aromatic rings. The van der Waals surface area contributed by atoms with E-state index in [9.17, 15) is 9.59 Å². The lowest BCUT2D eigenvalue weighted by atomic mass is 9.96. The molecule has 25 heavy (non-hydrogen) atoms. The molecule has 6 heteroatoms. The molecular formula is C19H20N2O4. The van der Waals surface area contributed by atoms with Gasteiger partial charge in [0.15, 0.2) is 0 Å². The van der Waals surface area contributed by atoms with Crippen molar-refractivity contribution in [2.45, 2.75) is 12.8 Å². The molecule has 1 saturated heterocycles. The summed E-state index contributed by atoms with van der Waals surface area (Å²) in [6.45, 7) is 1.09. The number of amides is 1. The third-order valence-corrected chi connectivity index (χ3v) is 4.26. The lowest BCUT2D eigenvalue weighted by Gasteiger charge is -2.30. The molecule has 1 aromatic carbocycles. The van der Waals surface area contributed by atoms with Crippen molar-refractivity contribution in [1.29, 1.82) is 0 Å². The minimum absolute atomic E-state index is 0.0604. The van der Waals surface area contributed by atoms with E-state index in [4.69, 9.17) is 9.47 Å². The Morgan fingerprint density at radius 3 is 2.60 bits per heavy atom. The molecule has 1 aliphatic heterocycles.